The Hall–Kier alpha value is -4.66. The van der Waals surface area contributed by atoms with Crippen molar-refractivity contribution >= 4 is 24.2 Å². The van der Waals surface area contributed by atoms with Crippen LogP contribution in [0.15, 0.2) is 57.7 Å². The van der Waals surface area contributed by atoms with Crippen LogP contribution in [0.3, 0.4) is 0 Å². The molecule has 2 aromatic carbocycles. The molecule has 4 rings (SSSR count). The van der Waals surface area contributed by atoms with Crippen molar-refractivity contribution in [3.63, 3.8) is 0 Å². The number of nitro groups is 1. The second-order valence-electron chi connectivity index (χ2n) is 7.83. The fourth-order valence-corrected chi connectivity index (χ4v) is 3.60. The molecule has 172 valence electrons. The van der Waals surface area contributed by atoms with Gasteiger partial charge in [0, 0.05) is 18.7 Å². The summed E-state index contributed by atoms with van der Waals surface area (Å²) in [6.07, 6.45) is 1.53. The second-order valence-corrected chi connectivity index (χ2v) is 7.83. The van der Waals surface area contributed by atoms with E-state index in [9.17, 15) is 19.7 Å². The minimum absolute atomic E-state index is 0.0500. The first-order chi connectivity index (χ1) is 16.2. The number of aromatic nitrogens is 2. The smallest absolute Gasteiger partial charge is 0.280 e. The lowest BCUT2D eigenvalue weighted by atomic mass is 10.0. The molecule has 4 aromatic rings. The number of nitrogens with zero attached hydrogens (tertiary/aromatic N) is 2. The fraction of sp³-hybridized carbons (Fsp3) is 0.120. The van der Waals surface area contributed by atoms with Gasteiger partial charge in [0.25, 0.3) is 17.2 Å². The summed E-state index contributed by atoms with van der Waals surface area (Å²) >= 11 is 0. The SMILES string of the molecule is C=c1[nH]n(-c2ccc(C(=O)NC)cc2)c(=O)/c1=C\c1ccc(-c2cc(C)c(C)cc2[N+](=O)[O-])o1. The number of aromatic amines is 1. The van der Waals surface area contributed by atoms with Crippen LogP contribution in [0.1, 0.15) is 27.2 Å². The number of carbonyl (C=O) groups excluding carboxylic acids is 1. The standard InChI is InChI=1S/C25H22N4O5/c1-14-11-21(22(29(32)33)12-15(14)2)23-10-9-19(34-23)13-20-16(3)27-28(25(20)31)18-7-5-17(6-8-18)24(30)26-4/h5-13,27H,3H2,1-2,4H3,(H,26,30)/b20-13-. The number of amides is 1. The fourth-order valence-electron chi connectivity index (χ4n) is 3.60. The predicted molar refractivity (Wildman–Crippen MR) is 128 cm³/mol. The number of furan rings is 1. The van der Waals surface area contributed by atoms with Gasteiger partial charge in [0.15, 0.2) is 0 Å². The van der Waals surface area contributed by atoms with Gasteiger partial charge in [-0.2, -0.15) is 0 Å². The lowest BCUT2D eigenvalue weighted by Gasteiger charge is -2.04. The Morgan fingerprint density at radius 2 is 1.82 bits per heavy atom. The molecule has 9 nitrogen and oxygen atoms in total. The van der Waals surface area contributed by atoms with Crippen LogP contribution < -0.4 is 21.4 Å². The zero-order chi connectivity index (χ0) is 24.6. The maximum absolute atomic E-state index is 13.0. The first kappa shape index (κ1) is 22.5. The van der Waals surface area contributed by atoms with Crippen molar-refractivity contribution < 1.29 is 14.1 Å². The first-order valence-electron chi connectivity index (χ1n) is 10.4. The third-order valence-electron chi connectivity index (χ3n) is 5.61. The van der Waals surface area contributed by atoms with E-state index in [1.807, 2.05) is 13.8 Å². The molecule has 9 heteroatoms. The van der Waals surface area contributed by atoms with Crippen molar-refractivity contribution in [1.29, 1.82) is 0 Å². The lowest BCUT2D eigenvalue weighted by molar-refractivity contribution is -0.384. The van der Waals surface area contributed by atoms with Crippen molar-refractivity contribution in [2.75, 3.05) is 7.05 Å². The molecule has 0 radical (unpaired) electrons. The van der Waals surface area contributed by atoms with E-state index in [1.54, 1.807) is 49.5 Å². The highest BCUT2D eigenvalue weighted by atomic mass is 16.6. The van der Waals surface area contributed by atoms with Gasteiger partial charge >= 0.3 is 0 Å². The molecular formula is C25H22N4O5. The quantitative estimate of drug-likeness (QED) is 0.351. The largest absolute Gasteiger partial charge is 0.456 e. The summed E-state index contributed by atoms with van der Waals surface area (Å²) in [5.74, 6) is 0.452. The Morgan fingerprint density at radius 1 is 1.15 bits per heavy atom. The molecule has 2 N–H and O–H groups in total. The van der Waals surface area contributed by atoms with Crippen molar-refractivity contribution in [1.82, 2.24) is 15.1 Å². The topological polar surface area (TPSA) is 123 Å². The molecule has 0 unspecified atom stereocenters. The van der Waals surface area contributed by atoms with Crippen LogP contribution in [0.2, 0.25) is 0 Å². The summed E-state index contributed by atoms with van der Waals surface area (Å²) in [4.78, 5) is 35.9. The molecule has 0 bridgehead atoms. The number of aryl methyl sites for hydroxylation is 2. The predicted octanol–water partition coefficient (Wildman–Crippen LogP) is 2.55. The minimum atomic E-state index is -0.442. The Morgan fingerprint density at radius 3 is 2.47 bits per heavy atom. The average Bonchev–Trinajstić information content (AvgIpc) is 3.40. The van der Waals surface area contributed by atoms with Crippen molar-refractivity contribution in [3.05, 3.63) is 102 Å². The molecule has 0 spiro atoms. The van der Waals surface area contributed by atoms with E-state index in [4.69, 9.17) is 4.42 Å². The number of H-pyrrole nitrogens is 1. The van der Waals surface area contributed by atoms with E-state index >= 15 is 0 Å². The van der Waals surface area contributed by atoms with Gasteiger partial charge in [-0.05, 0) is 73.5 Å². The first-order valence-corrected chi connectivity index (χ1v) is 10.4. The van der Waals surface area contributed by atoms with Crippen LogP contribution in [0.5, 0.6) is 0 Å². The molecule has 0 saturated heterocycles. The van der Waals surface area contributed by atoms with E-state index in [-0.39, 0.29) is 22.4 Å². The number of nitro benzene ring substituents is 1. The maximum atomic E-state index is 13.0. The molecular weight excluding hydrogens is 436 g/mol. The number of hydrogen-bond acceptors (Lipinski definition) is 5. The third kappa shape index (κ3) is 4.06. The Balaban J connectivity index is 1.74. The molecule has 0 aliphatic rings. The van der Waals surface area contributed by atoms with Gasteiger partial charge in [0.2, 0.25) is 0 Å². The highest BCUT2D eigenvalue weighted by molar-refractivity contribution is 5.94. The van der Waals surface area contributed by atoms with Gasteiger partial charge in [-0.3, -0.25) is 24.8 Å². The molecule has 0 aliphatic heterocycles. The second kappa shape index (κ2) is 8.70. The van der Waals surface area contributed by atoms with E-state index in [0.717, 1.165) is 11.1 Å². The van der Waals surface area contributed by atoms with Crippen LogP contribution >= 0.6 is 0 Å². The van der Waals surface area contributed by atoms with E-state index in [1.165, 1.54) is 16.8 Å². The summed E-state index contributed by atoms with van der Waals surface area (Å²) in [5, 5.41) is 17.7. The summed E-state index contributed by atoms with van der Waals surface area (Å²) < 4.78 is 7.16. The number of rotatable bonds is 5. The summed E-state index contributed by atoms with van der Waals surface area (Å²) in [5.41, 5.74) is 2.68. The van der Waals surface area contributed by atoms with Gasteiger partial charge in [-0.25, -0.2) is 4.68 Å². The summed E-state index contributed by atoms with van der Waals surface area (Å²) in [6, 6.07) is 13.0. The third-order valence-corrected chi connectivity index (χ3v) is 5.61. The van der Waals surface area contributed by atoms with E-state index in [2.05, 4.69) is 17.0 Å². The van der Waals surface area contributed by atoms with Crippen molar-refractivity contribution in [3.8, 4) is 17.0 Å². The van der Waals surface area contributed by atoms with Crippen LogP contribution in [0.25, 0.3) is 29.7 Å². The van der Waals surface area contributed by atoms with Crippen LogP contribution in [0.4, 0.5) is 5.69 Å². The number of nitrogens with one attached hydrogen (secondary N) is 2. The molecule has 0 fully saturated rings. The summed E-state index contributed by atoms with van der Waals surface area (Å²) in [6.45, 7) is 7.59. The molecule has 0 aliphatic carbocycles. The summed E-state index contributed by atoms with van der Waals surface area (Å²) in [7, 11) is 1.54. The maximum Gasteiger partial charge on any atom is 0.280 e. The van der Waals surface area contributed by atoms with Gasteiger partial charge < -0.3 is 9.73 Å². The zero-order valence-electron chi connectivity index (χ0n) is 18.8. The molecule has 2 aromatic heterocycles. The van der Waals surface area contributed by atoms with Gasteiger partial charge in [-0.15, -0.1) is 0 Å². The number of hydrogen-bond donors (Lipinski definition) is 2. The Labute approximate surface area is 193 Å². The van der Waals surface area contributed by atoms with Crippen LogP contribution in [0, 0.1) is 24.0 Å². The highest BCUT2D eigenvalue weighted by Crippen LogP contribution is 2.33. The zero-order valence-corrected chi connectivity index (χ0v) is 18.8. The monoisotopic (exact) mass is 458 g/mol. The van der Waals surface area contributed by atoms with Gasteiger partial charge in [0.05, 0.1) is 26.7 Å². The molecule has 0 atom stereocenters. The van der Waals surface area contributed by atoms with Gasteiger partial charge in [-0.1, -0.05) is 6.58 Å². The number of benzene rings is 2. The Kier molecular flexibility index (Phi) is 5.77. The van der Waals surface area contributed by atoms with Crippen LogP contribution in [-0.4, -0.2) is 27.7 Å². The molecule has 34 heavy (non-hydrogen) atoms. The normalized spacial score (nSPS) is 11.6. The minimum Gasteiger partial charge on any atom is -0.456 e. The number of carbonyl (C=O) groups is 1. The van der Waals surface area contributed by atoms with Crippen molar-refractivity contribution in [2.24, 2.45) is 0 Å². The molecule has 1 amide bonds. The molecule has 0 saturated carbocycles. The van der Waals surface area contributed by atoms with E-state index in [0.29, 0.717) is 33.7 Å². The van der Waals surface area contributed by atoms with Crippen molar-refractivity contribution in [2.45, 2.75) is 13.8 Å². The Bertz CT molecular complexity index is 1590. The van der Waals surface area contributed by atoms with Gasteiger partial charge in [0.1, 0.15) is 11.5 Å². The highest BCUT2D eigenvalue weighted by Gasteiger charge is 2.19. The lowest BCUT2D eigenvalue weighted by Crippen LogP contribution is -2.33. The van der Waals surface area contributed by atoms with E-state index < -0.39 is 4.92 Å². The van der Waals surface area contributed by atoms with Crippen LogP contribution in [-0.2, 0) is 0 Å². The average molecular weight is 458 g/mol. The molecule has 2 heterocycles.